The molecule has 0 atom stereocenters. The molecule has 3 rings (SSSR count). The van der Waals surface area contributed by atoms with Crippen LogP contribution in [0.2, 0.25) is 0 Å². The highest BCUT2D eigenvalue weighted by atomic mass is 16.2. The van der Waals surface area contributed by atoms with Gasteiger partial charge in [0.1, 0.15) is 0 Å². The second kappa shape index (κ2) is 5.09. The van der Waals surface area contributed by atoms with Gasteiger partial charge in [-0.2, -0.15) is 0 Å². The average Bonchev–Trinajstić information content (AvgIpc) is 2.47. The molecule has 0 saturated heterocycles. The molecule has 1 aromatic carbocycles. The normalized spacial score (nSPS) is 14.3. The Morgan fingerprint density at radius 3 is 2.80 bits per heavy atom. The topological polar surface area (TPSA) is 79.2 Å². The fourth-order valence-electron chi connectivity index (χ4n) is 2.82. The van der Waals surface area contributed by atoms with Crippen molar-refractivity contribution < 1.29 is 4.79 Å². The summed E-state index contributed by atoms with van der Waals surface area (Å²) in [6, 6.07) is 7.61. The Bertz CT molecular complexity index is 721. The number of rotatable bonds is 2. The van der Waals surface area contributed by atoms with E-state index in [0.717, 1.165) is 23.1 Å². The van der Waals surface area contributed by atoms with Crippen LogP contribution in [0.15, 0.2) is 29.1 Å². The average molecular weight is 271 g/mol. The third kappa shape index (κ3) is 2.10. The zero-order valence-electron chi connectivity index (χ0n) is 11.2. The number of H-pyrrole nitrogens is 1. The molecule has 1 aromatic heterocycles. The fourth-order valence-corrected chi connectivity index (χ4v) is 2.82. The van der Waals surface area contributed by atoms with Crippen LogP contribution in [0.25, 0.3) is 10.8 Å². The van der Waals surface area contributed by atoms with Crippen molar-refractivity contribution in [3.8, 4) is 0 Å². The van der Waals surface area contributed by atoms with Gasteiger partial charge in [-0.05, 0) is 23.4 Å². The molecule has 1 aliphatic rings. The number of carbonyl (C=O) groups is 1. The summed E-state index contributed by atoms with van der Waals surface area (Å²) < 4.78 is 0. The SMILES string of the molecule is NCCC(=O)N1CCc2c([nH]c(=O)c3ccccc23)C1. The van der Waals surface area contributed by atoms with Crippen LogP contribution in [0.4, 0.5) is 0 Å². The van der Waals surface area contributed by atoms with Gasteiger partial charge in [-0.1, -0.05) is 18.2 Å². The van der Waals surface area contributed by atoms with E-state index in [4.69, 9.17) is 5.73 Å². The zero-order valence-corrected chi connectivity index (χ0v) is 11.2. The number of nitrogens with one attached hydrogen (secondary N) is 1. The van der Waals surface area contributed by atoms with Gasteiger partial charge in [0.2, 0.25) is 5.91 Å². The minimum absolute atomic E-state index is 0.0483. The van der Waals surface area contributed by atoms with Gasteiger partial charge in [-0.25, -0.2) is 0 Å². The smallest absolute Gasteiger partial charge is 0.256 e. The van der Waals surface area contributed by atoms with E-state index < -0.39 is 0 Å². The number of fused-ring (bicyclic) bond motifs is 3. The molecule has 0 saturated carbocycles. The van der Waals surface area contributed by atoms with E-state index in [-0.39, 0.29) is 11.5 Å². The van der Waals surface area contributed by atoms with Gasteiger partial charge in [-0.15, -0.1) is 0 Å². The molecule has 0 spiro atoms. The summed E-state index contributed by atoms with van der Waals surface area (Å²) in [5, 5.41) is 1.71. The number of amides is 1. The monoisotopic (exact) mass is 271 g/mol. The molecule has 104 valence electrons. The Balaban J connectivity index is 2.03. The van der Waals surface area contributed by atoms with Crippen LogP contribution < -0.4 is 11.3 Å². The van der Waals surface area contributed by atoms with E-state index >= 15 is 0 Å². The molecule has 20 heavy (non-hydrogen) atoms. The van der Waals surface area contributed by atoms with E-state index in [1.165, 1.54) is 0 Å². The summed E-state index contributed by atoms with van der Waals surface area (Å²) in [7, 11) is 0. The summed E-state index contributed by atoms with van der Waals surface area (Å²) in [6.07, 6.45) is 1.12. The molecule has 3 N–H and O–H groups in total. The molecule has 0 bridgehead atoms. The third-order valence-electron chi connectivity index (χ3n) is 3.82. The van der Waals surface area contributed by atoms with Crippen LogP contribution in [0, 0.1) is 0 Å². The molecule has 0 radical (unpaired) electrons. The third-order valence-corrected chi connectivity index (χ3v) is 3.82. The fraction of sp³-hybridized carbons (Fsp3) is 0.333. The lowest BCUT2D eigenvalue weighted by Gasteiger charge is -2.29. The van der Waals surface area contributed by atoms with E-state index in [9.17, 15) is 9.59 Å². The van der Waals surface area contributed by atoms with Crippen LogP contribution >= 0.6 is 0 Å². The Morgan fingerprint density at radius 2 is 2.05 bits per heavy atom. The van der Waals surface area contributed by atoms with Crippen molar-refractivity contribution in [2.24, 2.45) is 5.73 Å². The standard InChI is InChI=1S/C15H17N3O2/c16-7-5-14(19)18-8-6-11-10-3-1-2-4-12(10)15(20)17-13(11)9-18/h1-4H,5-9,16H2,(H,17,20). The number of pyridine rings is 1. The number of benzene rings is 1. The van der Waals surface area contributed by atoms with Crippen molar-refractivity contribution >= 4 is 16.7 Å². The Kier molecular flexibility index (Phi) is 3.28. The van der Waals surface area contributed by atoms with Crippen LogP contribution in [-0.4, -0.2) is 28.9 Å². The van der Waals surface area contributed by atoms with Gasteiger partial charge in [-0.3, -0.25) is 9.59 Å². The highest BCUT2D eigenvalue weighted by molar-refractivity contribution is 5.86. The molecule has 0 fully saturated rings. The van der Waals surface area contributed by atoms with Gasteiger partial charge >= 0.3 is 0 Å². The van der Waals surface area contributed by atoms with Crippen molar-refractivity contribution in [1.29, 1.82) is 0 Å². The van der Waals surface area contributed by atoms with E-state index in [1.54, 1.807) is 4.90 Å². The van der Waals surface area contributed by atoms with Crippen molar-refractivity contribution in [2.75, 3.05) is 13.1 Å². The molecule has 5 heteroatoms. The summed E-state index contributed by atoms with van der Waals surface area (Å²) in [5.74, 6) is 0.0483. The Hall–Kier alpha value is -2.14. The van der Waals surface area contributed by atoms with Gasteiger partial charge in [0, 0.05) is 30.6 Å². The van der Waals surface area contributed by atoms with Gasteiger partial charge in [0.05, 0.1) is 6.54 Å². The van der Waals surface area contributed by atoms with Crippen LogP contribution in [-0.2, 0) is 17.8 Å². The Morgan fingerprint density at radius 1 is 1.30 bits per heavy atom. The summed E-state index contributed by atoms with van der Waals surface area (Å²) >= 11 is 0. The highest BCUT2D eigenvalue weighted by Gasteiger charge is 2.22. The molecule has 0 aliphatic carbocycles. The van der Waals surface area contributed by atoms with Crippen molar-refractivity contribution in [1.82, 2.24) is 9.88 Å². The molecule has 1 amide bonds. The maximum Gasteiger partial charge on any atom is 0.256 e. The number of nitrogens with zero attached hydrogens (tertiary/aromatic N) is 1. The molecular formula is C15H17N3O2. The summed E-state index contributed by atoms with van der Waals surface area (Å²) in [5.41, 5.74) is 7.34. The molecule has 2 heterocycles. The van der Waals surface area contributed by atoms with E-state index in [2.05, 4.69) is 4.98 Å². The minimum Gasteiger partial charge on any atom is -0.336 e. The minimum atomic E-state index is -0.0903. The van der Waals surface area contributed by atoms with Gasteiger partial charge in [0.25, 0.3) is 5.56 Å². The second-order valence-corrected chi connectivity index (χ2v) is 5.06. The maximum atomic E-state index is 12.1. The van der Waals surface area contributed by atoms with Crippen molar-refractivity contribution in [2.45, 2.75) is 19.4 Å². The Labute approximate surface area is 116 Å². The number of aromatic amines is 1. The first-order chi connectivity index (χ1) is 9.70. The highest BCUT2D eigenvalue weighted by Crippen LogP contribution is 2.23. The molecule has 1 aliphatic heterocycles. The van der Waals surface area contributed by atoms with Crippen molar-refractivity contribution in [3.63, 3.8) is 0 Å². The molecule has 5 nitrogen and oxygen atoms in total. The van der Waals surface area contributed by atoms with Gasteiger partial charge < -0.3 is 15.6 Å². The van der Waals surface area contributed by atoms with Crippen LogP contribution in [0.5, 0.6) is 0 Å². The lowest BCUT2D eigenvalue weighted by molar-refractivity contribution is -0.131. The summed E-state index contributed by atoms with van der Waals surface area (Å²) in [6.45, 7) is 1.51. The number of hydrogen-bond acceptors (Lipinski definition) is 3. The van der Waals surface area contributed by atoms with E-state index in [1.807, 2.05) is 24.3 Å². The zero-order chi connectivity index (χ0) is 14.1. The van der Waals surface area contributed by atoms with Gasteiger partial charge in [0.15, 0.2) is 0 Å². The predicted molar refractivity (Wildman–Crippen MR) is 77.4 cm³/mol. The lowest BCUT2D eigenvalue weighted by Crippen LogP contribution is -2.38. The molecular weight excluding hydrogens is 254 g/mol. The van der Waals surface area contributed by atoms with Crippen LogP contribution in [0.3, 0.4) is 0 Å². The predicted octanol–water partition coefficient (Wildman–Crippen LogP) is 0.762. The lowest BCUT2D eigenvalue weighted by atomic mass is 9.98. The number of aromatic nitrogens is 1. The number of carbonyl (C=O) groups excluding carboxylic acids is 1. The first-order valence-electron chi connectivity index (χ1n) is 6.81. The summed E-state index contributed by atoms with van der Waals surface area (Å²) in [4.78, 5) is 28.7. The van der Waals surface area contributed by atoms with E-state index in [0.29, 0.717) is 31.4 Å². The number of hydrogen-bond donors (Lipinski definition) is 2. The quantitative estimate of drug-likeness (QED) is 0.846. The van der Waals surface area contributed by atoms with Crippen LogP contribution in [0.1, 0.15) is 17.7 Å². The maximum absolute atomic E-state index is 12.1. The molecule has 0 unspecified atom stereocenters. The van der Waals surface area contributed by atoms with Crippen molar-refractivity contribution in [3.05, 3.63) is 45.9 Å². The number of nitrogens with two attached hydrogens (primary N) is 1. The largest absolute Gasteiger partial charge is 0.336 e. The first kappa shape index (κ1) is 12.9. The second-order valence-electron chi connectivity index (χ2n) is 5.06. The first-order valence-corrected chi connectivity index (χ1v) is 6.81. The molecule has 2 aromatic rings.